The van der Waals surface area contributed by atoms with Gasteiger partial charge in [-0.2, -0.15) is 13.2 Å². The number of hydrogen-bond acceptors (Lipinski definition) is 3. The maximum atomic E-state index is 13.3. The van der Waals surface area contributed by atoms with Gasteiger partial charge in [0.05, 0.1) is 17.1 Å². The first-order valence-electron chi connectivity index (χ1n) is 6.65. The molecule has 3 rings (SSSR count). The molecule has 0 saturated heterocycles. The van der Waals surface area contributed by atoms with Crippen molar-refractivity contribution in [2.45, 2.75) is 38.6 Å². The Morgan fingerprint density at radius 1 is 1.38 bits per heavy atom. The first kappa shape index (κ1) is 14.2. The molecule has 2 unspecified atom stereocenters. The van der Waals surface area contributed by atoms with E-state index in [4.69, 9.17) is 5.73 Å². The molecule has 0 bridgehead atoms. The lowest BCUT2D eigenvalue weighted by atomic mass is 9.64. The summed E-state index contributed by atoms with van der Waals surface area (Å²) >= 11 is 0. The molecule has 0 radical (unpaired) electrons. The predicted molar refractivity (Wildman–Crippen MR) is 72.6 cm³/mol. The third-order valence-electron chi connectivity index (χ3n) is 4.44. The molecule has 0 amide bonds. The number of imidazole rings is 1. The summed E-state index contributed by atoms with van der Waals surface area (Å²) in [5.41, 5.74) is 5.97. The average Bonchev–Trinajstić information content (AvgIpc) is 2.73. The number of nitrogens with two attached hydrogens (primary N) is 1. The smallest absolute Gasteiger partial charge is 0.399 e. The number of benzene rings is 1. The van der Waals surface area contributed by atoms with Crippen molar-refractivity contribution < 1.29 is 18.3 Å². The summed E-state index contributed by atoms with van der Waals surface area (Å²) in [6.07, 6.45) is -4.88. The number of anilines is 1. The molecular formula is C14H16F3N3O. The van der Waals surface area contributed by atoms with Crippen molar-refractivity contribution in [1.29, 1.82) is 0 Å². The second-order valence-electron chi connectivity index (χ2n) is 6.14. The minimum Gasteiger partial charge on any atom is -0.399 e. The van der Waals surface area contributed by atoms with Gasteiger partial charge in [0.2, 0.25) is 5.82 Å². The molecule has 3 N–H and O–H groups in total. The molecule has 1 saturated carbocycles. The molecule has 1 fully saturated rings. The number of aromatic nitrogens is 2. The Morgan fingerprint density at radius 3 is 2.57 bits per heavy atom. The Morgan fingerprint density at radius 2 is 2.05 bits per heavy atom. The second kappa shape index (κ2) is 4.13. The van der Waals surface area contributed by atoms with Crippen molar-refractivity contribution in [2.24, 2.45) is 5.41 Å². The normalized spacial score (nSPS) is 25.0. The Labute approximate surface area is 119 Å². The van der Waals surface area contributed by atoms with Gasteiger partial charge in [0.15, 0.2) is 0 Å². The first-order chi connectivity index (χ1) is 9.62. The van der Waals surface area contributed by atoms with E-state index in [1.807, 2.05) is 0 Å². The molecule has 1 aromatic heterocycles. The molecule has 2 aromatic rings. The number of rotatable bonds is 1. The number of halogens is 3. The fourth-order valence-electron chi connectivity index (χ4n) is 2.95. The molecule has 1 aliphatic rings. The summed E-state index contributed by atoms with van der Waals surface area (Å²) in [6.45, 7) is 3.52. The van der Waals surface area contributed by atoms with E-state index in [1.165, 1.54) is 10.6 Å². The fourth-order valence-corrected chi connectivity index (χ4v) is 2.95. The van der Waals surface area contributed by atoms with Crippen LogP contribution in [-0.2, 0) is 6.18 Å². The van der Waals surface area contributed by atoms with E-state index in [1.54, 1.807) is 26.0 Å². The van der Waals surface area contributed by atoms with Crippen LogP contribution in [-0.4, -0.2) is 20.8 Å². The maximum absolute atomic E-state index is 13.3. The van der Waals surface area contributed by atoms with Crippen LogP contribution in [0, 0.1) is 5.41 Å². The Hall–Kier alpha value is -1.76. The van der Waals surface area contributed by atoms with Crippen molar-refractivity contribution in [3.63, 3.8) is 0 Å². The van der Waals surface area contributed by atoms with Crippen LogP contribution in [0.3, 0.4) is 0 Å². The summed E-state index contributed by atoms with van der Waals surface area (Å²) in [5, 5.41) is 9.82. The predicted octanol–water partition coefficient (Wildman–Crippen LogP) is 2.97. The van der Waals surface area contributed by atoms with Gasteiger partial charge in [-0.1, -0.05) is 13.8 Å². The average molecular weight is 299 g/mol. The van der Waals surface area contributed by atoms with Crippen molar-refractivity contribution in [3.8, 4) is 0 Å². The topological polar surface area (TPSA) is 64.1 Å². The zero-order valence-corrected chi connectivity index (χ0v) is 11.6. The van der Waals surface area contributed by atoms with Crippen LogP contribution in [0.4, 0.5) is 18.9 Å². The van der Waals surface area contributed by atoms with Crippen LogP contribution in [0.15, 0.2) is 18.2 Å². The summed E-state index contributed by atoms with van der Waals surface area (Å²) in [7, 11) is 0. The number of hydrogen-bond donors (Lipinski definition) is 2. The minimum absolute atomic E-state index is 0.222. The zero-order valence-electron chi connectivity index (χ0n) is 11.6. The van der Waals surface area contributed by atoms with Crippen molar-refractivity contribution in [2.75, 3.05) is 5.73 Å². The third kappa shape index (κ3) is 1.98. The fraction of sp³-hybridized carbons (Fsp3) is 0.500. The summed E-state index contributed by atoms with van der Waals surface area (Å²) in [4.78, 5) is 3.71. The number of aliphatic hydroxyl groups excluding tert-OH is 1. The van der Waals surface area contributed by atoms with Gasteiger partial charge in [0, 0.05) is 17.1 Å². The Bertz CT molecular complexity index is 705. The van der Waals surface area contributed by atoms with Crippen molar-refractivity contribution >= 4 is 16.7 Å². The Kier molecular flexibility index (Phi) is 2.79. The van der Waals surface area contributed by atoms with Gasteiger partial charge < -0.3 is 15.4 Å². The summed E-state index contributed by atoms with van der Waals surface area (Å²) < 4.78 is 41.0. The van der Waals surface area contributed by atoms with Crippen LogP contribution in [0.1, 0.15) is 32.1 Å². The number of nitrogens with zero attached hydrogens (tertiary/aromatic N) is 2. The quantitative estimate of drug-likeness (QED) is 0.796. The molecule has 114 valence electrons. The monoisotopic (exact) mass is 299 g/mol. The third-order valence-corrected chi connectivity index (χ3v) is 4.44. The number of aliphatic hydroxyl groups is 1. The van der Waals surface area contributed by atoms with Crippen LogP contribution < -0.4 is 5.73 Å². The highest BCUT2D eigenvalue weighted by molar-refractivity contribution is 5.80. The van der Waals surface area contributed by atoms with Crippen LogP contribution in [0.5, 0.6) is 0 Å². The SMILES string of the molecule is CC1(C)C(O)CC1n1c(C(F)(F)F)nc2cc(N)ccc21. The van der Waals surface area contributed by atoms with E-state index < -0.39 is 29.6 Å². The summed E-state index contributed by atoms with van der Waals surface area (Å²) in [5.74, 6) is -0.937. The van der Waals surface area contributed by atoms with Gasteiger partial charge >= 0.3 is 6.18 Å². The van der Waals surface area contributed by atoms with E-state index in [0.717, 1.165) is 0 Å². The molecule has 1 heterocycles. The molecule has 0 aliphatic heterocycles. The molecule has 1 aromatic carbocycles. The number of fused-ring (bicyclic) bond motifs is 1. The van der Waals surface area contributed by atoms with Crippen LogP contribution in [0.2, 0.25) is 0 Å². The van der Waals surface area contributed by atoms with Crippen LogP contribution in [0.25, 0.3) is 11.0 Å². The zero-order chi connectivity index (χ0) is 15.6. The maximum Gasteiger partial charge on any atom is 0.449 e. The highest BCUT2D eigenvalue weighted by Gasteiger charge is 2.51. The van der Waals surface area contributed by atoms with Crippen molar-refractivity contribution in [3.05, 3.63) is 24.0 Å². The lowest BCUT2D eigenvalue weighted by molar-refractivity contribution is -0.155. The van der Waals surface area contributed by atoms with E-state index >= 15 is 0 Å². The number of nitrogen functional groups attached to an aromatic ring is 1. The molecule has 0 spiro atoms. The molecule has 4 nitrogen and oxygen atoms in total. The Balaban J connectivity index is 2.24. The minimum atomic E-state index is -4.55. The summed E-state index contributed by atoms with van der Waals surface area (Å²) in [6, 6.07) is 4.09. The standard InChI is InChI=1S/C14H16F3N3O/c1-13(2)10(6-11(13)21)20-9-4-3-7(18)5-8(9)19-12(20)14(15,16)17/h3-5,10-11,21H,6,18H2,1-2H3. The lowest BCUT2D eigenvalue weighted by Crippen LogP contribution is -2.50. The molecule has 2 atom stereocenters. The van der Waals surface area contributed by atoms with Crippen LogP contribution >= 0.6 is 0 Å². The van der Waals surface area contributed by atoms with Gasteiger partial charge in [-0.3, -0.25) is 0 Å². The van der Waals surface area contributed by atoms with E-state index in [-0.39, 0.29) is 11.9 Å². The molecule has 1 aliphatic carbocycles. The van der Waals surface area contributed by atoms with Gasteiger partial charge in [-0.05, 0) is 24.6 Å². The van der Waals surface area contributed by atoms with Gasteiger partial charge in [-0.15, -0.1) is 0 Å². The lowest BCUT2D eigenvalue weighted by Gasteiger charge is -2.50. The second-order valence-corrected chi connectivity index (χ2v) is 6.14. The highest BCUT2D eigenvalue weighted by atomic mass is 19.4. The van der Waals surface area contributed by atoms with Gasteiger partial charge in [-0.25, -0.2) is 4.98 Å². The number of alkyl halides is 3. The van der Waals surface area contributed by atoms with Crippen molar-refractivity contribution in [1.82, 2.24) is 9.55 Å². The van der Waals surface area contributed by atoms with E-state index in [2.05, 4.69) is 4.98 Å². The first-order valence-corrected chi connectivity index (χ1v) is 6.65. The highest BCUT2D eigenvalue weighted by Crippen LogP contribution is 2.52. The van der Waals surface area contributed by atoms with E-state index in [0.29, 0.717) is 11.2 Å². The van der Waals surface area contributed by atoms with Gasteiger partial charge in [0.1, 0.15) is 0 Å². The van der Waals surface area contributed by atoms with E-state index in [9.17, 15) is 18.3 Å². The molecule has 7 heteroatoms. The molecular weight excluding hydrogens is 283 g/mol. The molecule has 21 heavy (non-hydrogen) atoms. The largest absolute Gasteiger partial charge is 0.449 e. The van der Waals surface area contributed by atoms with Gasteiger partial charge in [0.25, 0.3) is 0 Å².